The Bertz CT molecular complexity index is 842. The van der Waals surface area contributed by atoms with Gasteiger partial charge in [-0.15, -0.1) is 0 Å². The smallest absolute Gasteiger partial charge is 0.416 e. The summed E-state index contributed by atoms with van der Waals surface area (Å²) in [7, 11) is 0. The lowest BCUT2D eigenvalue weighted by atomic mass is 9.89. The maximum absolute atomic E-state index is 13.2. The Kier molecular flexibility index (Phi) is 5.92. The molecule has 0 bridgehead atoms. The van der Waals surface area contributed by atoms with E-state index in [0.717, 1.165) is 18.4 Å². The highest BCUT2D eigenvalue weighted by Gasteiger charge is 2.48. The van der Waals surface area contributed by atoms with E-state index in [0.29, 0.717) is 13.1 Å². The molecule has 4 rings (SSSR count). The number of nitrogens with zero attached hydrogens (tertiary/aromatic N) is 2. The van der Waals surface area contributed by atoms with Crippen LogP contribution in [0.2, 0.25) is 0 Å². The summed E-state index contributed by atoms with van der Waals surface area (Å²) in [6.45, 7) is 3.07. The van der Waals surface area contributed by atoms with Gasteiger partial charge in [0.1, 0.15) is 6.61 Å². The van der Waals surface area contributed by atoms with Crippen molar-refractivity contribution in [1.82, 2.24) is 9.96 Å². The SMILES string of the molecule is C[C@@H]1ON(Cc2ccccc2)[C@H](CCc2ccccc2)[C@H]1C(=O)N1CCOC1=O. The zero-order valence-corrected chi connectivity index (χ0v) is 16.6. The lowest BCUT2D eigenvalue weighted by Crippen LogP contribution is -2.45. The fourth-order valence-electron chi connectivity index (χ4n) is 4.19. The number of hydroxylamine groups is 2. The van der Waals surface area contributed by atoms with E-state index < -0.39 is 12.0 Å². The first-order valence-electron chi connectivity index (χ1n) is 10.1. The van der Waals surface area contributed by atoms with Gasteiger partial charge < -0.3 is 4.74 Å². The lowest BCUT2D eigenvalue weighted by molar-refractivity contribution is -0.166. The summed E-state index contributed by atoms with van der Waals surface area (Å²) < 4.78 is 4.98. The highest BCUT2D eigenvalue weighted by molar-refractivity contribution is 5.95. The van der Waals surface area contributed by atoms with E-state index in [4.69, 9.17) is 9.57 Å². The molecule has 2 heterocycles. The van der Waals surface area contributed by atoms with E-state index in [1.165, 1.54) is 10.5 Å². The van der Waals surface area contributed by atoms with E-state index in [1.807, 2.05) is 48.4 Å². The minimum absolute atomic E-state index is 0.119. The summed E-state index contributed by atoms with van der Waals surface area (Å²) in [5.74, 6) is -0.610. The molecule has 29 heavy (non-hydrogen) atoms. The number of rotatable bonds is 6. The molecule has 152 valence electrons. The Morgan fingerprint density at radius 1 is 1.03 bits per heavy atom. The van der Waals surface area contributed by atoms with Gasteiger partial charge in [0.25, 0.3) is 0 Å². The molecule has 0 spiro atoms. The number of aryl methyl sites for hydroxylation is 1. The van der Waals surface area contributed by atoms with Crippen molar-refractivity contribution in [2.24, 2.45) is 5.92 Å². The molecule has 2 aromatic rings. The number of carbonyl (C=O) groups excluding carboxylic acids is 2. The van der Waals surface area contributed by atoms with Gasteiger partial charge in [-0.05, 0) is 30.9 Å². The van der Waals surface area contributed by atoms with Crippen molar-refractivity contribution in [3.05, 3.63) is 71.8 Å². The van der Waals surface area contributed by atoms with Crippen LogP contribution in [0.25, 0.3) is 0 Å². The Morgan fingerprint density at radius 2 is 1.69 bits per heavy atom. The van der Waals surface area contributed by atoms with Crippen molar-refractivity contribution in [2.45, 2.75) is 38.5 Å². The minimum atomic E-state index is -0.550. The molecule has 2 aliphatic rings. The average molecular weight is 394 g/mol. The normalized spacial score (nSPS) is 24.7. The molecule has 2 aliphatic heterocycles. The summed E-state index contributed by atoms with van der Waals surface area (Å²) in [5.41, 5.74) is 2.34. The second-order valence-electron chi connectivity index (χ2n) is 7.59. The van der Waals surface area contributed by atoms with Gasteiger partial charge in [0, 0.05) is 6.54 Å². The zero-order chi connectivity index (χ0) is 20.2. The molecular weight excluding hydrogens is 368 g/mol. The van der Waals surface area contributed by atoms with Gasteiger partial charge in [-0.1, -0.05) is 60.7 Å². The summed E-state index contributed by atoms with van der Waals surface area (Å²) >= 11 is 0. The second-order valence-corrected chi connectivity index (χ2v) is 7.59. The molecule has 2 saturated heterocycles. The Balaban J connectivity index is 1.55. The van der Waals surface area contributed by atoms with Crippen molar-refractivity contribution in [3.8, 4) is 0 Å². The molecule has 6 heteroatoms. The monoisotopic (exact) mass is 394 g/mol. The van der Waals surface area contributed by atoms with Crippen LogP contribution in [0.4, 0.5) is 4.79 Å². The molecule has 0 saturated carbocycles. The van der Waals surface area contributed by atoms with Crippen LogP contribution >= 0.6 is 0 Å². The maximum Gasteiger partial charge on any atom is 0.416 e. The van der Waals surface area contributed by atoms with Gasteiger partial charge in [0.05, 0.1) is 24.6 Å². The fraction of sp³-hybridized carbons (Fsp3) is 0.391. The number of hydrogen-bond donors (Lipinski definition) is 0. The van der Waals surface area contributed by atoms with Gasteiger partial charge in [-0.2, -0.15) is 5.06 Å². The summed E-state index contributed by atoms with van der Waals surface area (Å²) in [6.07, 6.45) is 0.743. The number of hydrogen-bond acceptors (Lipinski definition) is 5. The fourth-order valence-corrected chi connectivity index (χ4v) is 4.19. The summed E-state index contributed by atoms with van der Waals surface area (Å²) in [4.78, 5) is 32.5. The molecule has 2 aromatic carbocycles. The van der Waals surface area contributed by atoms with Crippen molar-refractivity contribution in [3.63, 3.8) is 0 Å². The van der Waals surface area contributed by atoms with Crippen molar-refractivity contribution in [1.29, 1.82) is 0 Å². The van der Waals surface area contributed by atoms with Crippen LogP contribution in [0.5, 0.6) is 0 Å². The first-order chi connectivity index (χ1) is 14.1. The molecular formula is C23H26N2O4. The predicted octanol–water partition coefficient (Wildman–Crippen LogP) is 3.42. The molecule has 2 amide bonds. The third-order valence-corrected chi connectivity index (χ3v) is 5.66. The topological polar surface area (TPSA) is 59.1 Å². The van der Waals surface area contributed by atoms with E-state index >= 15 is 0 Å². The van der Waals surface area contributed by atoms with Crippen molar-refractivity contribution in [2.75, 3.05) is 13.2 Å². The standard InChI is InChI=1S/C23H26N2O4/c1-17-21(22(26)24-14-15-28-23(24)27)20(13-12-18-8-4-2-5-9-18)25(29-17)16-19-10-6-3-7-11-19/h2-11,17,20-21H,12-16H2,1H3/t17-,20+,21-/m0/s1. The van der Waals surface area contributed by atoms with Gasteiger partial charge >= 0.3 is 6.09 Å². The van der Waals surface area contributed by atoms with E-state index in [-0.39, 0.29) is 24.7 Å². The Hall–Kier alpha value is -2.70. The third-order valence-electron chi connectivity index (χ3n) is 5.66. The quantitative estimate of drug-likeness (QED) is 0.751. The van der Waals surface area contributed by atoms with Gasteiger partial charge in [0.15, 0.2) is 0 Å². The highest BCUT2D eigenvalue weighted by Crippen LogP contribution is 2.34. The van der Waals surface area contributed by atoms with Crippen LogP contribution in [-0.2, 0) is 27.3 Å². The molecule has 0 N–H and O–H groups in total. The second kappa shape index (κ2) is 8.76. The van der Waals surface area contributed by atoms with Crippen LogP contribution in [0.15, 0.2) is 60.7 Å². The molecule has 3 atom stereocenters. The molecule has 2 fully saturated rings. The number of ether oxygens (including phenoxy) is 1. The predicted molar refractivity (Wildman–Crippen MR) is 108 cm³/mol. The van der Waals surface area contributed by atoms with Crippen LogP contribution < -0.4 is 0 Å². The number of amides is 2. The molecule has 0 aliphatic carbocycles. The first kappa shape index (κ1) is 19.6. The number of cyclic esters (lactones) is 1. The zero-order valence-electron chi connectivity index (χ0n) is 16.6. The first-order valence-corrected chi connectivity index (χ1v) is 10.1. The van der Waals surface area contributed by atoms with Crippen molar-refractivity contribution < 1.29 is 19.2 Å². The Morgan fingerprint density at radius 3 is 2.31 bits per heavy atom. The van der Waals surface area contributed by atoms with Gasteiger partial charge in [0.2, 0.25) is 5.91 Å². The average Bonchev–Trinajstić information content (AvgIpc) is 3.30. The third kappa shape index (κ3) is 4.33. The molecule has 0 unspecified atom stereocenters. The summed E-state index contributed by atoms with van der Waals surface area (Å²) in [5, 5.41) is 1.92. The maximum atomic E-state index is 13.2. The van der Waals surface area contributed by atoms with E-state index in [1.54, 1.807) is 0 Å². The van der Waals surface area contributed by atoms with E-state index in [9.17, 15) is 9.59 Å². The van der Waals surface area contributed by atoms with E-state index in [2.05, 4.69) is 24.3 Å². The van der Waals surface area contributed by atoms with Gasteiger partial charge in [-0.3, -0.25) is 9.63 Å². The number of benzene rings is 2. The highest BCUT2D eigenvalue weighted by atomic mass is 16.7. The van der Waals surface area contributed by atoms with Crippen LogP contribution in [0, 0.1) is 5.92 Å². The van der Waals surface area contributed by atoms with Crippen molar-refractivity contribution >= 4 is 12.0 Å². The van der Waals surface area contributed by atoms with Crippen LogP contribution in [0.3, 0.4) is 0 Å². The molecule has 0 aromatic heterocycles. The summed E-state index contributed by atoms with van der Waals surface area (Å²) in [6, 6.07) is 20.2. The van der Waals surface area contributed by atoms with Crippen LogP contribution in [-0.4, -0.2) is 47.3 Å². The number of carbonyl (C=O) groups is 2. The van der Waals surface area contributed by atoms with Gasteiger partial charge in [-0.25, -0.2) is 9.69 Å². The molecule has 6 nitrogen and oxygen atoms in total. The van der Waals surface area contributed by atoms with Crippen LogP contribution in [0.1, 0.15) is 24.5 Å². The minimum Gasteiger partial charge on any atom is -0.447 e. The Labute approximate surface area is 171 Å². The largest absolute Gasteiger partial charge is 0.447 e. The lowest BCUT2D eigenvalue weighted by Gasteiger charge is -2.26. The number of imide groups is 1. The molecule has 0 radical (unpaired) electrons.